The standard InChI is InChI=1S/C28H36N2O5.ClH/c1-3-4-5-6-7-15-29-28(32)35-24-11-8-10-22(19-24)21-30(2)16-9-17-33-23-12-13-25-26(31)14-18-34-27(25)20-23;/h8,10-14,18-20H,3-7,9,15-17,21H2,1-2H3,(H,29,32);1H. The average Bonchev–Trinajstić information content (AvgIpc) is 2.84. The fourth-order valence-electron chi connectivity index (χ4n) is 3.84. The van der Waals surface area contributed by atoms with Crippen molar-refractivity contribution in [3.05, 3.63) is 70.6 Å². The van der Waals surface area contributed by atoms with Crippen LogP contribution in [0.4, 0.5) is 4.79 Å². The highest BCUT2D eigenvalue weighted by atomic mass is 35.5. The molecule has 0 fully saturated rings. The highest BCUT2D eigenvalue weighted by Gasteiger charge is 2.07. The summed E-state index contributed by atoms with van der Waals surface area (Å²) in [4.78, 5) is 26.0. The smallest absolute Gasteiger partial charge is 0.412 e. The molecule has 0 atom stereocenters. The van der Waals surface area contributed by atoms with Crippen LogP contribution in [-0.2, 0) is 6.54 Å². The summed E-state index contributed by atoms with van der Waals surface area (Å²) >= 11 is 0. The fourth-order valence-corrected chi connectivity index (χ4v) is 3.84. The van der Waals surface area contributed by atoms with Gasteiger partial charge >= 0.3 is 6.09 Å². The molecule has 0 radical (unpaired) electrons. The van der Waals surface area contributed by atoms with Crippen molar-refractivity contribution >= 4 is 29.5 Å². The summed E-state index contributed by atoms with van der Waals surface area (Å²) in [7, 11) is 2.05. The molecule has 3 aromatic rings. The first-order valence-corrected chi connectivity index (χ1v) is 12.4. The summed E-state index contributed by atoms with van der Waals surface area (Å²) in [6.07, 6.45) is 7.58. The van der Waals surface area contributed by atoms with Crippen molar-refractivity contribution in [2.45, 2.75) is 52.0 Å². The quantitative estimate of drug-likeness (QED) is 0.258. The van der Waals surface area contributed by atoms with Crippen LogP contribution in [-0.4, -0.2) is 37.7 Å². The molecule has 0 aliphatic carbocycles. The van der Waals surface area contributed by atoms with Crippen molar-refractivity contribution in [3.8, 4) is 11.5 Å². The van der Waals surface area contributed by atoms with E-state index in [1.54, 1.807) is 24.3 Å². The van der Waals surface area contributed by atoms with E-state index in [9.17, 15) is 9.59 Å². The minimum Gasteiger partial charge on any atom is -0.493 e. The number of nitrogens with one attached hydrogen (secondary N) is 1. The Morgan fingerprint density at radius 3 is 2.67 bits per heavy atom. The van der Waals surface area contributed by atoms with Gasteiger partial charge in [0.15, 0.2) is 5.43 Å². The number of fused-ring (bicyclic) bond motifs is 1. The molecule has 1 heterocycles. The highest BCUT2D eigenvalue weighted by molar-refractivity contribution is 5.85. The molecule has 0 saturated heterocycles. The van der Waals surface area contributed by atoms with Crippen LogP contribution in [0.5, 0.6) is 11.5 Å². The number of nitrogens with zero attached hydrogens (tertiary/aromatic N) is 1. The number of halogens is 1. The zero-order valence-corrected chi connectivity index (χ0v) is 22.0. The SMILES string of the molecule is CCCCCCCNC(=O)Oc1cccc(CN(C)CCCOc2ccc3c(=O)ccoc3c2)c1.Cl. The van der Waals surface area contributed by atoms with Gasteiger partial charge in [0.2, 0.25) is 0 Å². The van der Waals surface area contributed by atoms with Gasteiger partial charge in [-0.1, -0.05) is 44.7 Å². The molecule has 0 aliphatic rings. The van der Waals surface area contributed by atoms with Crippen molar-refractivity contribution in [2.24, 2.45) is 0 Å². The first-order chi connectivity index (χ1) is 17.0. The molecule has 7 nitrogen and oxygen atoms in total. The number of hydrogen-bond acceptors (Lipinski definition) is 6. The van der Waals surface area contributed by atoms with Gasteiger partial charge in [0.05, 0.1) is 18.3 Å². The number of rotatable bonds is 14. The lowest BCUT2D eigenvalue weighted by atomic mass is 10.1. The highest BCUT2D eigenvalue weighted by Crippen LogP contribution is 2.19. The lowest BCUT2D eigenvalue weighted by molar-refractivity contribution is 0.200. The van der Waals surface area contributed by atoms with Gasteiger partial charge in [-0.05, 0) is 49.7 Å². The Labute approximate surface area is 219 Å². The summed E-state index contributed by atoms with van der Waals surface area (Å²) in [5, 5.41) is 3.37. The molecular weight excluding hydrogens is 480 g/mol. The minimum absolute atomic E-state index is 0. The van der Waals surface area contributed by atoms with Crippen molar-refractivity contribution in [2.75, 3.05) is 26.7 Å². The van der Waals surface area contributed by atoms with Gasteiger partial charge in [-0.2, -0.15) is 0 Å². The lowest BCUT2D eigenvalue weighted by Gasteiger charge is -2.17. The molecule has 8 heteroatoms. The number of unbranched alkanes of at least 4 members (excludes halogenated alkanes) is 4. The molecule has 0 spiro atoms. The molecule has 36 heavy (non-hydrogen) atoms. The van der Waals surface area contributed by atoms with Crippen molar-refractivity contribution in [3.63, 3.8) is 0 Å². The van der Waals surface area contributed by atoms with Crippen LogP contribution < -0.4 is 20.2 Å². The van der Waals surface area contributed by atoms with E-state index in [0.717, 1.165) is 37.9 Å². The van der Waals surface area contributed by atoms with E-state index >= 15 is 0 Å². The molecule has 196 valence electrons. The summed E-state index contributed by atoms with van der Waals surface area (Å²) in [6.45, 7) is 4.95. The monoisotopic (exact) mass is 516 g/mol. The summed E-state index contributed by atoms with van der Waals surface area (Å²) in [6, 6.07) is 14.3. The largest absolute Gasteiger partial charge is 0.493 e. The molecule has 1 amide bonds. The van der Waals surface area contributed by atoms with Gasteiger partial charge in [-0.25, -0.2) is 4.79 Å². The topological polar surface area (TPSA) is 81.0 Å². The van der Waals surface area contributed by atoms with Crippen LogP contribution in [0, 0.1) is 0 Å². The Balaban J connectivity index is 0.00000456. The molecule has 0 aliphatic heterocycles. The number of carbonyl (C=O) groups excluding carboxylic acids is 1. The molecular formula is C28H37ClN2O5. The Bertz CT molecular complexity index is 1130. The summed E-state index contributed by atoms with van der Waals surface area (Å²) in [5.74, 6) is 1.23. The first-order valence-electron chi connectivity index (χ1n) is 12.4. The van der Waals surface area contributed by atoms with Gasteiger partial charge in [0.1, 0.15) is 17.1 Å². The first kappa shape index (κ1) is 29.2. The second-order valence-electron chi connectivity index (χ2n) is 8.76. The van der Waals surface area contributed by atoms with Crippen molar-refractivity contribution in [1.29, 1.82) is 0 Å². The van der Waals surface area contributed by atoms with E-state index in [1.807, 2.05) is 25.2 Å². The van der Waals surface area contributed by atoms with Crippen LogP contribution in [0.15, 0.2) is 64.0 Å². The van der Waals surface area contributed by atoms with E-state index in [-0.39, 0.29) is 17.8 Å². The van der Waals surface area contributed by atoms with Gasteiger partial charge in [0, 0.05) is 31.8 Å². The fraction of sp³-hybridized carbons (Fsp3) is 0.429. The normalized spacial score (nSPS) is 10.8. The van der Waals surface area contributed by atoms with Crippen LogP contribution in [0.25, 0.3) is 11.0 Å². The molecule has 0 bridgehead atoms. The Morgan fingerprint density at radius 2 is 1.83 bits per heavy atom. The molecule has 1 aromatic heterocycles. The molecule has 1 N–H and O–H groups in total. The Kier molecular flexibility index (Phi) is 12.9. The third kappa shape index (κ3) is 9.91. The number of ether oxygens (including phenoxy) is 2. The molecule has 3 rings (SSSR count). The van der Waals surface area contributed by atoms with Crippen LogP contribution in [0.1, 0.15) is 51.0 Å². The molecule has 0 saturated carbocycles. The second-order valence-corrected chi connectivity index (χ2v) is 8.76. The summed E-state index contributed by atoms with van der Waals surface area (Å²) in [5.41, 5.74) is 1.53. The van der Waals surface area contributed by atoms with E-state index in [2.05, 4.69) is 17.1 Å². The summed E-state index contributed by atoms with van der Waals surface area (Å²) < 4.78 is 16.6. The molecule has 2 aromatic carbocycles. The second kappa shape index (κ2) is 15.9. The predicted molar refractivity (Wildman–Crippen MR) is 145 cm³/mol. The van der Waals surface area contributed by atoms with Gasteiger partial charge in [0.25, 0.3) is 0 Å². The third-order valence-electron chi connectivity index (χ3n) is 5.70. The predicted octanol–water partition coefficient (Wildman–Crippen LogP) is 6.17. The molecule has 0 unspecified atom stereocenters. The average molecular weight is 517 g/mol. The minimum atomic E-state index is -0.406. The van der Waals surface area contributed by atoms with E-state index in [1.165, 1.54) is 31.6 Å². The Hall–Kier alpha value is -3.03. The van der Waals surface area contributed by atoms with E-state index in [0.29, 0.717) is 35.6 Å². The number of benzene rings is 2. The van der Waals surface area contributed by atoms with Crippen molar-refractivity contribution in [1.82, 2.24) is 10.2 Å². The third-order valence-corrected chi connectivity index (χ3v) is 5.70. The maximum absolute atomic E-state index is 12.0. The van der Waals surface area contributed by atoms with Gasteiger partial charge in [-0.15, -0.1) is 12.4 Å². The maximum Gasteiger partial charge on any atom is 0.412 e. The maximum atomic E-state index is 12.0. The lowest BCUT2D eigenvalue weighted by Crippen LogP contribution is -2.27. The van der Waals surface area contributed by atoms with Gasteiger partial charge < -0.3 is 24.1 Å². The zero-order valence-electron chi connectivity index (χ0n) is 21.2. The zero-order chi connectivity index (χ0) is 24.9. The van der Waals surface area contributed by atoms with Crippen molar-refractivity contribution < 1.29 is 18.7 Å². The van der Waals surface area contributed by atoms with Gasteiger partial charge in [-0.3, -0.25) is 4.79 Å². The Morgan fingerprint density at radius 1 is 1.00 bits per heavy atom. The number of hydrogen-bond donors (Lipinski definition) is 1. The van der Waals surface area contributed by atoms with E-state index in [4.69, 9.17) is 13.9 Å². The van der Waals surface area contributed by atoms with E-state index < -0.39 is 6.09 Å². The number of carbonyl (C=O) groups is 1. The van der Waals surface area contributed by atoms with Crippen LogP contribution in [0.3, 0.4) is 0 Å². The van der Waals surface area contributed by atoms with Crippen LogP contribution in [0.2, 0.25) is 0 Å². The number of amides is 1. The van der Waals surface area contributed by atoms with Crippen LogP contribution >= 0.6 is 12.4 Å².